The topological polar surface area (TPSA) is 124 Å². The number of β-amino-alcohol motifs (C(OH)–C–C–N with tert-alkyl or cyclic N) is 1. The number of hydrogen-bond donors (Lipinski definition) is 2. The van der Waals surface area contributed by atoms with E-state index in [1.54, 1.807) is 28.8 Å². The molecule has 12 heteroatoms. The molecule has 11 nitrogen and oxygen atoms in total. The Morgan fingerprint density at radius 3 is 2.29 bits per heavy atom. The second-order valence-electron chi connectivity index (χ2n) is 12.6. The fourth-order valence-electron chi connectivity index (χ4n) is 6.90. The van der Waals surface area contributed by atoms with Crippen molar-refractivity contribution in [3.63, 3.8) is 0 Å². The number of rotatable bonds is 9. The molecule has 5 rings (SSSR count). The number of aliphatic hydroxyl groups excluding tert-OH is 1. The summed E-state index contributed by atoms with van der Waals surface area (Å²) in [6.45, 7) is 10.5. The number of piperazine rings is 1. The molecule has 0 aliphatic carbocycles. The standard InChI is InChI=1S/C30H45N5O6S/c1-20(2)35-27-8-6-5-7-22(27)15-28(29(35)37)41-30(38)31-23-16-24-9-10-25(17-23)34(24)19-26(36)18-32-11-13-33(14-12-32)42(39,40)21(3)4/h5-8,15,20-21,23-26,36H,9-14,16-19H2,1-4H3,(H,31,38)/t23-,24-,25+,26?. The third-order valence-corrected chi connectivity index (χ3v) is 11.3. The number of nitrogens with zero attached hydrogens (tertiary/aromatic N) is 4. The van der Waals surface area contributed by atoms with Gasteiger partial charge in [0, 0.05) is 68.8 Å². The number of nitrogens with one attached hydrogen (secondary N) is 1. The number of piperidine rings is 1. The van der Waals surface area contributed by atoms with Crippen LogP contribution >= 0.6 is 0 Å². The monoisotopic (exact) mass is 603 g/mol. The van der Waals surface area contributed by atoms with Crippen LogP contribution in [0.1, 0.15) is 59.4 Å². The Hall–Kier alpha value is -2.51. The first-order chi connectivity index (χ1) is 19.9. The average molecular weight is 604 g/mol. The molecule has 3 aliphatic heterocycles. The van der Waals surface area contributed by atoms with Crippen molar-refractivity contribution in [2.24, 2.45) is 0 Å². The zero-order valence-corrected chi connectivity index (χ0v) is 25.9. The van der Waals surface area contributed by atoms with E-state index in [1.165, 1.54) is 0 Å². The van der Waals surface area contributed by atoms with E-state index in [1.807, 2.05) is 38.1 Å². The van der Waals surface area contributed by atoms with Crippen LogP contribution in [-0.2, 0) is 10.0 Å². The van der Waals surface area contributed by atoms with Gasteiger partial charge in [0.1, 0.15) is 0 Å². The van der Waals surface area contributed by atoms with Crippen molar-refractivity contribution in [2.75, 3.05) is 39.3 Å². The second-order valence-corrected chi connectivity index (χ2v) is 15.1. The van der Waals surface area contributed by atoms with Crippen molar-refractivity contribution in [3.8, 4) is 5.75 Å². The number of sulfonamides is 1. The summed E-state index contributed by atoms with van der Waals surface area (Å²) in [6, 6.07) is 9.57. The fourth-order valence-corrected chi connectivity index (χ4v) is 8.16. The zero-order valence-electron chi connectivity index (χ0n) is 25.1. The van der Waals surface area contributed by atoms with Crippen molar-refractivity contribution in [2.45, 2.75) is 88.9 Å². The number of amides is 1. The lowest BCUT2D eigenvalue weighted by Gasteiger charge is -2.41. The molecular formula is C30H45N5O6S. The van der Waals surface area contributed by atoms with Crippen LogP contribution in [-0.4, -0.2) is 107 Å². The number of fused-ring (bicyclic) bond motifs is 3. The minimum atomic E-state index is -3.25. The maximum atomic E-state index is 13.1. The summed E-state index contributed by atoms with van der Waals surface area (Å²) in [5, 5.41) is 14.3. The van der Waals surface area contributed by atoms with Crippen molar-refractivity contribution in [1.82, 2.24) is 24.0 Å². The quantitative estimate of drug-likeness (QED) is 0.448. The largest absolute Gasteiger partial charge is 0.413 e. The molecule has 3 saturated heterocycles. The van der Waals surface area contributed by atoms with E-state index < -0.39 is 27.5 Å². The van der Waals surface area contributed by atoms with Crippen LogP contribution < -0.4 is 15.6 Å². The molecule has 232 valence electrons. The first-order valence-corrected chi connectivity index (χ1v) is 16.7. The van der Waals surface area contributed by atoms with E-state index in [0.717, 1.165) is 36.6 Å². The summed E-state index contributed by atoms with van der Waals surface area (Å²) in [5.41, 5.74) is 0.475. The highest BCUT2D eigenvalue weighted by Gasteiger charge is 2.42. The van der Waals surface area contributed by atoms with Gasteiger partial charge in [0.05, 0.1) is 16.9 Å². The smallest absolute Gasteiger partial charge is 0.404 e. The molecule has 4 atom stereocenters. The highest BCUT2D eigenvalue weighted by atomic mass is 32.2. The van der Waals surface area contributed by atoms with Crippen molar-refractivity contribution < 1.29 is 23.1 Å². The molecule has 3 aliphatic rings. The number of pyridine rings is 1. The van der Waals surface area contributed by atoms with Gasteiger partial charge in [-0.05, 0) is 65.5 Å². The first kappa shape index (κ1) is 30.9. The average Bonchev–Trinajstić information content (AvgIpc) is 3.15. The number of benzene rings is 1. The molecule has 0 radical (unpaired) electrons. The van der Waals surface area contributed by atoms with Crippen molar-refractivity contribution >= 4 is 27.0 Å². The van der Waals surface area contributed by atoms with Gasteiger partial charge in [0.2, 0.25) is 10.0 Å². The Kier molecular flexibility index (Phi) is 9.29. The molecule has 1 unspecified atom stereocenters. The lowest BCUT2D eigenvalue weighted by Crippen LogP contribution is -2.55. The Labute approximate surface area is 248 Å². The Morgan fingerprint density at radius 1 is 1.02 bits per heavy atom. The Balaban J connectivity index is 1.13. The number of carbonyl (C=O) groups is 1. The first-order valence-electron chi connectivity index (χ1n) is 15.2. The molecule has 2 bridgehead atoms. The van der Waals surface area contributed by atoms with Crippen LogP contribution in [0, 0.1) is 0 Å². The maximum Gasteiger partial charge on any atom is 0.413 e. The van der Waals surface area contributed by atoms with Gasteiger partial charge in [-0.2, -0.15) is 4.31 Å². The summed E-state index contributed by atoms with van der Waals surface area (Å²) >= 11 is 0. The van der Waals surface area contributed by atoms with Crippen LogP contribution in [0.3, 0.4) is 0 Å². The van der Waals surface area contributed by atoms with Crippen LogP contribution in [0.5, 0.6) is 5.75 Å². The number of aliphatic hydroxyl groups is 1. The van der Waals surface area contributed by atoms with Gasteiger partial charge in [-0.3, -0.25) is 14.6 Å². The molecule has 2 N–H and O–H groups in total. The number of hydrogen-bond acceptors (Lipinski definition) is 8. The summed E-state index contributed by atoms with van der Waals surface area (Å²) in [6.07, 6.45) is 2.40. The molecular weight excluding hydrogens is 558 g/mol. The zero-order chi connectivity index (χ0) is 30.2. The van der Waals surface area contributed by atoms with Crippen LogP contribution in [0.15, 0.2) is 35.1 Å². The Bertz CT molecular complexity index is 1420. The van der Waals surface area contributed by atoms with Gasteiger partial charge in [-0.15, -0.1) is 0 Å². The van der Waals surface area contributed by atoms with Crippen LogP contribution in [0.4, 0.5) is 4.79 Å². The maximum absolute atomic E-state index is 13.1. The van der Waals surface area contributed by atoms with Gasteiger partial charge >= 0.3 is 6.09 Å². The minimum absolute atomic E-state index is 0.0195. The predicted octanol–water partition coefficient (Wildman–Crippen LogP) is 2.38. The molecule has 3 fully saturated rings. The number of carbonyl (C=O) groups excluding carboxylic acids is 1. The number of aromatic nitrogens is 1. The molecule has 1 aromatic carbocycles. The summed E-state index contributed by atoms with van der Waals surface area (Å²) in [4.78, 5) is 30.6. The molecule has 0 saturated carbocycles. The normalized spacial score (nSPS) is 24.9. The second kappa shape index (κ2) is 12.6. The molecule has 1 amide bonds. The summed E-state index contributed by atoms with van der Waals surface area (Å²) in [5.74, 6) is 0.0195. The molecule has 1 aromatic heterocycles. The molecule has 2 aromatic rings. The lowest BCUT2D eigenvalue weighted by molar-refractivity contribution is 0.0281. The van der Waals surface area contributed by atoms with Crippen LogP contribution in [0.2, 0.25) is 0 Å². The third-order valence-electron chi connectivity index (χ3n) is 9.02. The molecule has 4 heterocycles. The SMILES string of the molecule is CC(C)n1c(=O)c(OC(=O)N[C@@H]2C[C@H]3CC[C@@H](C2)N3CC(O)CN2CCN(S(=O)(=O)C(C)C)CC2)cc2ccccc21. The highest BCUT2D eigenvalue weighted by Crippen LogP contribution is 2.36. The van der Waals surface area contributed by atoms with E-state index in [-0.39, 0.29) is 35.5 Å². The fraction of sp³-hybridized carbons (Fsp3) is 0.667. The van der Waals surface area contributed by atoms with E-state index in [2.05, 4.69) is 15.1 Å². The summed E-state index contributed by atoms with van der Waals surface area (Å²) in [7, 11) is -3.25. The van der Waals surface area contributed by atoms with Gasteiger partial charge < -0.3 is 19.7 Å². The number of ether oxygens (including phenoxy) is 1. The molecule has 42 heavy (non-hydrogen) atoms. The van der Waals surface area contributed by atoms with Gasteiger partial charge in [-0.25, -0.2) is 13.2 Å². The van der Waals surface area contributed by atoms with Crippen molar-refractivity contribution in [1.29, 1.82) is 0 Å². The van der Waals surface area contributed by atoms with E-state index in [9.17, 15) is 23.1 Å². The van der Waals surface area contributed by atoms with Crippen molar-refractivity contribution in [3.05, 3.63) is 40.7 Å². The lowest BCUT2D eigenvalue weighted by atomic mass is 9.97. The van der Waals surface area contributed by atoms with Gasteiger partial charge in [0.25, 0.3) is 5.56 Å². The van der Waals surface area contributed by atoms with Gasteiger partial charge in [-0.1, -0.05) is 18.2 Å². The van der Waals surface area contributed by atoms with E-state index in [4.69, 9.17) is 4.74 Å². The Morgan fingerprint density at radius 2 is 1.67 bits per heavy atom. The van der Waals surface area contributed by atoms with E-state index >= 15 is 0 Å². The third kappa shape index (κ3) is 6.52. The van der Waals surface area contributed by atoms with E-state index in [0.29, 0.717) is 39.3 Å². The van der Waals surface area contributed by atoms with Gasteiger partial charge in [0.15, 0.2) is 5.75 Å². The van der Waals surface area contributed by atoms with Crippen LogP contribution in [0.25, 0.3) is 10.9 Å². The summed E-state index contributed by atoms with van der Waals surface area (Å²) < 4.78 is 33.7. The highest BCUT2D eigenvalue weighted by molar-refractivity contribution is 7.89. The molecule has 0 spiro atoms. The predicted molar refractivity (Wildman–Crippen MR) is 162 cm³/mol. The minimum Gasteiger partial charge on any atom is -0.404 e. The number of para-hydroxylation sites is 1.